The number of hydrogen-bond donors (Lipinski definition) is 1. The van der Waals surface area contributed by atoms with Crippen LogP contribution in [0.25, 0.3) is 0 Å². The summed E-state index contributed by atoms with van der Waals surface area (Å²) in [4.78, 5) is 16.5. The SMILES string of the molecule is Cc1ncccc1C(=O)Nc1ccccc1O[C@H]1CCOC1. The summed E-state index contributed by atoms with van der Waals surface area (Å²) < 4.78 is 11.2. The van der Waals surface area contributed by atoms with E-state index in [-0.39, 0.29) is 12.0 Å². The van der Waals surface area contributed by atoms with Crippen molar-refractivity contribution in [2.45, 2.75) is 19.4 Å². The lowest BCUT2D eigenvalue weighted by Crippen LogP contribution is -2.19. The minimum absolute atomic E-state index is 0.0400. The van der Waals surface area contributed by atoms with Gasteiger partial charge in [-0.2, -0.15) is 0 Å². The molecule has 0 bridgehead atoms. The monoisotopic (exact) mass is 298 g/mol. The molecule has 22 heavy (non-hydrogen) atoms. The number of carbonyl (C=O) groups is 1. The van der Waals surface area contributed by atoms with Gasteiger partial charge in [-0.25, -0.2) is 0 Å². The predicted molar refractivity (Wildman–Crippen MR) is 83.2 cm³/mol. The Balaban J connectivity index is 1.77. The number of para-hydroxylation sites is 2. The smallest absolute Gasteiger partial charge is 0.257 e. The van der Waals surface area contributed by atoms with Crippen molar-refractivity contribution in [1.29, 1.82) is 0 Å². The molecule has 1 aromatic carbocycles. The number of rotatable bonds is 4. The first-order chi connectivity index (χ1) is 10.7. The van der Waals surface area contributed by atoms with E-state index in [4.69, 9.17) is 9.47 Å². The second-order valence-electron chi connectivity index (χ2n) is 5.19. The minimum Gasteiger partial charge on any atom is -0.486 e. The molecule has 0 radical (unpaired) electrons. The largest absolute Gasteiger partial charge is 0.486 e. The Morgan fingerprint density at radius 1 is 1.32 bits per heavy atom. The topological polar surface area (TPSA) is 60.5 Å². The van der Waals surface area contributed by atoms with Crippen molar-refractivity contribution >= 4 is 11.6 Å². The van der Waals surface area contributed by atoms with Gasteiger partial charge in [0.2, 0.25) is 0 Å². The maximum atomic E-state index is 12.4. The first-order valence-electron chi connectivity index (χ1n) is 7.30. The zero-order valence-electron chi connectivity index (χ0n) is 12.4. The van der Waals surface area contributed by atoms with Crippen molar-refractivity contribution in [3.05, 3.63) is 53.9 Å². The molecular formula is C17H18N2O3. The predicted octanol–water partition coefficient (Wildman–Crippen LogP) is 2.81. The van der Waals surface area contributed by atoms with Crippen molar-refractivity contribution < 1.29 is 14.3 Å². The zero-order valence-corrected chi connectivity index (χ0v) is 12.4. The number of aryl methyl sites for hydroxylation is 1. The Morgan fingerprint density at radius 3 is 2.95 bits per heavy atom. The molecular weight excluding hydrogens is 280 g/mol. The average Bonchev–Trinajstić information content (AvgIpc) is 3.02. The van der Waals surface area contributed by atoms with Crippen LogP contribution in [-0.4, -0.2) is 30.2 Å². The number of pyridine rings is 1. The molecule has 5 nitrogen and oxygen atoms in total. The first-order valence-corrected chi connectivity index (χ1v) is 7.30. The van der Waals surface area contributed by atoms with E-state index in [0.717, 1.165) is 6.42 Å². The van der Waals surface area contributed by atoms with Gasteiger partial charge < -0.3 is 14.8 Å². The molecule has 1 fully saturated rings. The van der Waals surface area contributed by atoms with E-state index in [2.05, 4.69) is 10.3 Å². The molecule has 3 rings (SSSR count). The number of aromatic nitrogens is 1. The molecule has 0 saturated carbocycles. The molecule has 114 valence electrons. The average molecular weight is 298 g/mol. The van der Waals surface area contributed by atoms with Gasteiger partial charge in [-0.15, -0.1) is 0 Å². The van der Waals surface area contributed by atoms with Crippen molar-refractivity contribution in [3.63, 3.8) is 0 Å². The first kappa shape index (κ1) is 14.5. The molecule has 0 unspecified atom stereocenters. The number of anilines is 1. The molecule has 1 saturated heterocycles. The van der Waals surface area contributed by atoms with Gasteiger partial charge in [0.1, 0.15) is 11.9 Å². The molecule has 2 heterocycles. The summed E-state index contributed by atoms with van der Waals surface area (Å²) in [5.41, 5.74) is 1.91. The van der Waals surface area contributed by atoms with Crippen molar-refractivity contribution in [2.75, 3.05) is 18.5 Å². The highest BCUT2D eigenvalue weighted by atomic mass is 16.5. The summed E-state index contributed by atoms with van der Waals surface area (Å²) in [6.45, 7) is 3.12. The molecule has 1 aliphatic rings. The quantitative estimate of drug-likeness (QED) is 0.943. The highest BCUT2D eigenvalue weighted by Gasteiger charge is 2.19. The van der Waals surface area contributed by atoms with Gasteiger partial charge in [-0.05, 0) is 31.2 Å². The van der Waals surface area contributed by atoms with Crippen LogP contribution in [0.4, 0.5) is 5.69 Å². The van der Waals surface area contributed by atoms with Crippen LogP contribution in [0.2, 0.25) is 0 Å². The van der Waals surface area contributed by atoms with Gasteiger partial charge in [0.15, 0.2) is 0 Å². The van der Waals surface area contributed by atoms with Crippen LogP contribution in [-0.2, 0) is 4.74 Å². The van der Waals surface area contributed by atoms with Crippen LogP contribution in [0.1, 0.15) is 22.5 Å². The summed E-state index contributed by atoms with van der Waals surface area (Å²) in [7, 11) is 0. The van der Waals surface area contributed by atoms with E-state index in [1.54, 1.807) is 18.3 Å². The summed E-state index contributed by atoms with van der Waals surface area (Å²) in [6.07, 6.45) is 2.57. The molecule has 1 aromatic heterocycles. The third-order valence-corrected chi connectivity index (χ3v) is 3.57. The molecule has 2 aromatic rings. The van der Waals surface area contributed by atoms with Crippen LogP contribution in [0.5, 0.6) is 5.75 Å². The Hall–Kier alpha value is -2.40. The van der Waals surface area contributed by atoms with Gasteiger partial charge in [0.25, 0.3) is 5.91 Å². The summed E-state index contributed by atoms with van der Waals surface area (Å²) in [5, 5.41) is 2.90. The standard InChI is InChI=1S/C17H18N2O3/c1-12-14(5-4-9-18-12)17(20)19-15-6-2-3-7-16(15)22-13-8-10-21-11-13/h2-7,9,13H,8,10-11H2,1H3,(H,19,20)/t13-/m0/s1. The lowest BCUT2D eigenvalue weighted by molar-refractivity contribution is 0.102. The number of nitrogens with zero attached hydrogens (tertiary/aromatic N) is 1. The normalized spacial score (nSPS) is 17.2. The molecule has 5 heteroatoms. The van der Waals surface area contributed by atoms with Crippen molar-refractivity contribution in [2.24, 2.45) is 0 Å². The molecule has 1 amide bonds. The third-order valence-electron chi connectivity index (χ3n) is 3.57. The van der Waals surface area contributed by atoms with E-state index in [0.29, 0.717) is 35.9 Å². The second kappa shape index (κ2) is 6.58. The highest BCUT2D eigenvalue weighted by molar-refractivity contribution is 6.05. The van der Waals surface area contributed by atoms with E-state index < -0.39 is 0 Å². The van der Waals surface area contributed by atoms with Crippen molar-refractivity contribution in [1.82, 2.24) is 4.98 Å². The number of amides is 1. The molecule has 1 aliphatic heterocycles. The molecule has 0 spiro atoms. The maximum absolute atomic E-state index is 12.4. The van der Waals surface area contributed by atoms with Gasteiger partial charge in [-0.1, -0.05) is 12.1 Å². The fourth-order valence-corrected chi connectivity index (χ4v) is 2.37. The second-order valence-corrected chi connectivity index (χ2v) is 5.19. The van der Waals surface area contributed by atoms with Crippen LogP contribution >= 0.6 is 0 Å². The lowest BCUT2D eigenvalue weighted by Gasteiger charge is -2.16. The number of ether oxygens (including phenoxy) is 2. The number of benzene rings is 1. The number of nitrogens with one attached hydrogen (secondary N) is 1. The summed E-state index contributed by atoms with van der Waals surface area (Å²) >= 11 is 0. The Labute approximate surface area is 129 Å². The van der Waals surface area contributed by atoms with Crippen LogP contribution < -0.4 is 10.1 Å². The maximum Gasteiger partial charge on any atom is 0.257 e. The van der Waals surface area contributed by atoms with Gasteiger partial charge in [0.05, 0.1) is 24.5 Å². The van der Waals surface area contributed by atoms with Crippen LogP contribution in [0, 0.1) is 6.92 Å². The Bertz CT molecular complexity index is 666. The minimum atomic E-state index is -0.190. The highest BCUT2D eigenvalue weighted by Crippen LogP contribution is 2.27. The van der Waals surface area contributed by atoms with Gasteiger partial charge in [-0.3, -0.25) is 9.78 Å². The van der Waals surface area contributed by atoms with Gasteiger partial charge in [0, 0.05) is 18.3 Å². The summed E-state index contributed by atoms with van der Waals surface area (Å²) in [5.74, 6) is 0.470. The van der Waals surface area contributed by atoms with Crippen molar-refractivity contribution in [3.8, 4) is 5.75 Å². The Morgan fingerprint density at radius 2 is 2.18 bits per heavy atom. The summed E-state index contributed by atoms with van der Waals surface area (Å²) in [6, 6.07) is 10.9. The Kier molecular flexibility index (Phi) is 4.34. The lowest BCUT2D eigenvalue weighted by atomic mass is 10.2. The number of hydrogen-bond acceptors (Lipinski definition) is 4. The third kappa shape index (κ3) is 3.26. The molecule has 1 N–H and O–H groups in total. The van der Waals surface area contributed by atoms with E-state index in [1.807, 2.05) is 31.2 Å². The van der Waals surface area contributed by atoms with Crippen LogP contribution in [0.3, 0.4) is 0 Å². The van der Waals surface area contributed by atoms with E-state index >= 15 is 0 Å². The van der Waals surface area contributed by atoms with E-state index in [9.17, 15) is 4.79 Å². The molecule has 1 atom stereocenters. The number of carbonyl (C=O) groups excluding carboxylic acids is 1. The zero-order chi connectivity index (χ0) is 15.4. The van der Waals surface area contributed by atoms with Crippen LogP contribution in [0.15, 0.2) is 42.6 Å². The van der Waals surface area contributed by atoms with E-state index in [1.165, 1.54) is 0 Å². The fourth-order valence-electron chi connectivity index (χ4n) is 2.37. The van der Waals surface area contributed by atoms with Gasteiger partial charge >= 0.3 is 0 Å². The fraction of sp³-hybridized carbons (Fsp3) is 0.294. The molecule has 0 aliphatic carbocycles.